The molecule has 4 heterocycles. The predicted octanol–water partition coefficient (Wildman–Crippen LogP) is 0.548. The molecule has 4 atom stereocenters. The average Bonchev–Trinajstić information content (AvgIpc) is 2.87. The minimum atomic E-state index is -0.708. The normalized spacial score (nSPS) is 37.5. The molecule has 5 rings (SSSR count). The molecule has 23 heavy (non-hydrogen) atoms. The Morgan fingerprint density at radius 3 is 3.00 bits per heavy atom. The molecule has 1 saturated carbocycles. The number of hydrogen-bond acceptors (Lipinski definition) is 5. The molecule has 2 saturated heterocycles. The second-order valence-corrected chi connectivity index (χ2v) is 6.90. The zero-order valence-corrected chi connectivity index (χ0v) is 12.7. The van der Waals surface area contributed by atoms with Crippen LogP contribution in [0.4, 0.5) is 5.82 Å². The number of carbonyl (C=O) groups is 2. The summed E-state index contributed by atoms with van der Waals surface area (Å²) in [5.41, 5.74) is -0.708. The highest BCUT2D eigenvalue weighted by Gasteiger charge is 2.67. The lowest BCUT2D eigenvalue weighted by atomic mass is 9.77. The quantitative estimate of drug-likeness (QED) is 0.823. The number of hydrogen-bond donors (Lipinski definition) is 1. The number of amides is 2. The van der Waals surface area contributed by atoms with Crippen LogP contribution in [0.15, 0.2) is 22.7 Å². The Bertz CT molecular complexity index is 737. The van der Waals surface area contributed by atoms with E-state index in [0.717, 1.165) is 12.8 Å². The predicted molar refractivity (Wildman–Crippen MR) is 78.5 cm³/mol. The Morgan fingerprint density at radius 1 is 1.48 bits per heavy atom. The van der Waals surface area contributed by atoms with Crippen LogP contribution in [0.1, 0.15) is 18.6 Å². The maximum absolute atomic E-state index is 12.9. The van der Waals surface area contributed by atoms with E-state index in [9.17, 15) is 9.59 Å². The molecule has 0 radical (unpaired) electrons. The van der Waals surface area contributed by atoms with Crippen LogP contribution in [0.25, 0.3) is 0 Å². The van der Waals surface area contributed by atoms with Crippen molar-refractivity contribution in [1.82, 2.24) is 10.5 Å². The summed E-state index contributed by atoms with van der Waals surface area (Å²) in [6.07, 6.45) is 5.60. The molecule has 3 fully saturated rings. The first kappa shape index (κ1) is 13.3. The number of carbonyl (C=O) groups excluding carboxylic acids is 2. The minimum Gasteiger partial charge on any atom is -0.360 e. The third kappa shape index (κ3) is 1.77. The van der Waals surface area contributed by atoms with Crippen LogP contribution in [-0.2, 0) is 14.3 Å². The van der Waals surface area contributed by atoms with E-state index in [1.54, 1.807) is 17.9 Å². The van der Waals surface area contributed by atoms with E-state index in [1.165, 1.54) is 0 Å². The average molecular weight is 315 g/mol. The second-order valence-electron chi connectivity index (χ2n) is 6.90. The smallest absolute Gasteiger partial charge is 0.235 e. The van der Waals surface area contributed by atoms with E-state index >= 15 is 0 Å². The van der Waals surface area contributed by atoms with Crippen LogP contribution in [0.5, 0.6) is 0 Å². The van der Waals surface area contributed by atoms with Gasteiger partial charge in [-0.3, -0.25) is 14.5 Å². The van der Waals surface area contributed by atoms with Crippen molar-refractivity contribution in [3.63, 3.8) is 0 Å². The van der Waals surface area contributed by atoms with Gasteiger partial charge in [0.25, 0.3) is 0 Å². The van der Waals surface area contributed by atoms with Crippen molar-refractivity contribution in [2.75, 3.05) is 11.4 Å². The van der Waals surface area contributed by atoms with E-state index in [2.05, 4.69) is 10.5 Å². The molecule has 3 aliphatic heterocycles. The van der Waals surface area contributed by atoms with Crippen molar-refractivity contribution in [2.45, 2.75) is 37.5 Å². The summed E-state index contributed by atoms with van der Waals surface area (Å²) < 4.78 is 11.1. The number of aromatic nitrogens is 1. The van der Waals surface area contributed by atoms with Crippen LogP contribution >= 0.6 is 0 Å². The molecular weight excluding hydrogens is 298 g/mol. The summed E-state index contributed by atoms with van der Waals surface area (Å²) in [7, 11) is 0. The molecule has 1 N–H and O–H groups in total. The monoisotopic (exact) mass is 315 g/mol. The first-order valence-corrected chi connectivity index (χ1v) is 8.00. The Hall–Kier alpha value is -2.15. The van der Waals surface area contributed by atoms with Crippen molar-refractivity contribution < 1.29 is 18.8 Å². The summed E-state index contributed by atoms with van der Waals surface area (Å²) >= 11 is 0. The largest absolute Gasteiger partial charge is 0.360 e. The van der Waals surface area contributed by atoms with E-state index in [-0.39, 0.29) is 24.0 Å². The van der Waals surface area contributed by atoms with E-state index in [0.29, 0.717) is 18.1 Å². The number of aryl methyl sites for hydroxylation is 1. The Kier molecular flexibility index (Phi) is 2.44. The van der Waals surface area contributed by atoms with Gasteiger partial charge in [-0.1, -0.05) is 17.3 Å². The van der Waals surface area contributed by atoms with Gasteiger partial charge in [-0.25, -0.2) is 0 Å². The molecule has 120 valence electrons. The van der Waals surface area contributed by atoms with Crippen molar-refractivity contribution in [1.29, 1.82) is 0 Å². The molecule has 4 aliphatic rings. The summed E-state index contributed by atoms with van der Waals surface area (Å²) in [4.78, 5) is 27.1. The van der Waals surface area contributed by atoms with Gasteiger partial charge in [-0.05, 0) is 19.8 Å². The number of anilines is 1. The molecule has 7 nitrogen and oxygen atoms in total. The fourth-order valence-electron chi connectivity index (χ4n) is 4.00. The van der Waals surface area contributed by atoms with Gasteiger partial charge >= 0.3 is 0 Å². The Labute approximate surface area is 132 Å². The lowest BCUT2D eigenvalue weighted by molar-refractivity contribution is -0.132. The maximum Gasteiger partial charge on any atom is 0.235 e. The fraction of sp³-hybridized carbons (Fsp3) is 0.562. The van der Waals surface area contributed by atoms with Gasteiger partial charge in [0.05, 0.1) is 24.5 Å². The first-order chi connectivity index (χ1) is 11.1. The SMILES string of the molecule is Cc1cc(N2C[C@@]34C=C[C@H](O3)C(C(=O)NC3CC3)C4C2=O)no1. The number of nitrogens with one attached hydrogen (secondary N) is 1. The molecule has 7 heteroatoms. The summed E-state index contributed by atoms with van der Waals surface area (Å²) in [6, 6.07) is 2.00. The molecule has 2 amide bonds. The molecule has 0 aromatic carbocycles. The van der Waals surface area contributed by atoms with E-state index in [4.69, 9.17) is 9.26 Å². The second kappa shape index (κ2) is 4.23. The third-order valence-corrected chi connectivity index (χ3v) is 5.22. The van der Waals surface area contributed by atoms with Crippen molar-refractivity contribution >= 4 is 17.6 Å². The van der Waals surface area contributed by atoms with Gasteiger partial charge in [0, 0.05) is 12.1 Å². The minimum absolute atomic E-state index is 0.0692. The molecule has 1 aliphatic carbocycles. The van der Waals surface area contributed by atoms with E-state index < -0.39 is 17.4 Å². The van der Waals surface area contributed by atoms with Crippen molar-refractivity contribution in [2.24, 2.45) is 11.8 Å². The van der Waals surface area contributed by atoms with Crippen molar-refractivity contribution in [3.8, 4) is 0 Å². The van der Waals surface area contributed by atoms with E-state index in [1.807, 2.05) is 12.2 Å². The fourth-order valence-corrected chi connectivity index (χ4v) is 4.00. The van der Waals surface area contributed by atoms with Crippen LogP contribution in [-0.4, -0.2) is 41.3 Å². The standard InChI is InChI=1S/C16H17N3O4/c1-8-6-11(18-23-8)19-7-16-5-4-10(22-16)12(13(16)15(19)21)14(20)17-9-2-3-9/h4-6,9-10,12-13H,2-3,7H2,1H3,(H,17,20)/t10-,12?,13?,16+/m0/s1. The van der Waals surface area contributed by atoms with Gasteiger partial charge in [-0.2, -0.15) is 0 Å². The van der Waals surface area contributed by atoms with Crippen LogP contribution < -0.4 is 10.2 Å². The van der Waals surface area contributed by atoms with Crippen LogP contribution in [0.2, 0.25) is 0 Å². The molecule has 2 bridgehead atoms. The van der Waals surface area contributed by atoms with Gasteiger partial charge in [-0.15, -0.1) is 0 Å². The highest BCUT2D eigenvalue weighted by Crippen LogP contribution is 2.52. The molecule has 1 aromatic heterocycles. The Morgan fingerprint density at radius 2 is 2.30 bits per heavy atom. The van der Waals surface area contributed by atoms with Gasteiger partial charge < -0.3 is 14.6 Å². The molecule has 2 unspecified atom stereocenters. The number of rotatable bonds is 3. The third-order valence-electron chi connectivity index (χ3n) is 5.22. The van der Waals surface area contributed by atoms with Crippen LogP contribution in [0.3, 0.4) is 0 Å². The highest BCUT2D eigenvalue weighted by atomic mass is 16.5. The number of fused-ring (bicyclic) bond motifs is 1. The van der Waals surface area contributed by atoms with Crippen molar-refractivity contribution in [3.05, 3.63) is 24.0 Å². The lowest BCUT2D eigenvalue weighted by Gasteiger charge is -2.23. The first-order valence-electron chi connectivity index (χ1n) is 8.00. The van der Waals surface area contributed by atoms with Gasteiger partial charge in [0.2, 0.25) is 11.8 Å². The molecular formula is C16H17N3O4. The summed E-state index contributed by atoms with van der Waals surface area (Å²) in [5, 5.41) is 6.94. The maximum atomic E-state index is 12.9. The number of nitrogens with zero attached hydrogens (tertiary/aromatic N) is 2. The molecule has 1 spiro atoms. The summed E-state index contributed by atoms with van der Waals surface area (Å²) in [5.74, 6) is 0.0185. The highest BCUT2D eigenvalue weighted by molar-refractivity contribution is 6.02. The Balaban J connectivity index is 1.48. The van der Waals surface area contributed by atoms with Crippen LogP contribution in [0, 0.1) is 18.8 Å². The number of ether oxygens (including phenoxy) is 1. The summed E-state index contributed by atoms with van der Waals surface area (Å²) in [6.45, 7) is 2.16. The van der Waals surface area contributed by atoms with Gasteiger partial charge in [0.15, 0.2) is 5.82 Å². The molecule has 1 aromatic rings. The topological polar surface area (TPSA) is 84.7 Å². The van der Waals surface area contributed by atoms with Gasteiger partial charge in [0.1, 0.15) is 11.4 Å². The zero-order valence-electron chi connectivity index (χ0n) is 12.7. The zero-order chi connectivity index (χ0) is 15.8. The lowest BCUT2D eigenvalue weighted by Crippen LogP contribution is -2.44.